The molecule has 0 aliphatic carbocycles. The lowest BCUT2D eigenvalue weighted by Crippen LogP contribution is -2.37. The monoisotopic (exact) mass is 453 g/mol. The van der Waals surface area contributed by atoms with Gasteiger partial charge in [0.2, 0.25) is 5.95 Å². The van der Waals surface area contributed by atoms with Gasteiger partial charge >= 0.3 is 6.18 Å². The van der Waals surface area contributed by atoms with E-state index in [9.17, 15) is 13.2 Å². The van der Waals surface area contributed by atoms with Crippen LogP contribution in [-0.4, -0.2) is 68.6 Å². The van der Waals surface area contributed by atoms with Crippen molar-refractivity contribution in [3.63, 3.8) is 0 Å². The Hall–Kier alpha value is -3.48. The number of carboxylic acid groups (broad SMARTS) is 1. The Morgan fingerprint density at radius 2 is 1.97 bits per heavy atom. The molecule has 3 aromatic rings. The van der Waals surface area contributed by atoms with Gasteiger partial charge in [0.15, 0.2) is 0 Å². The number of rotatable bonds is 5. The second-order valence-electron chi connectivity index (χ2n) is 6.94. The summed E-state index contributed by atoms with van der Waals surface area (Å²) in [6.45, 7) is 0.230. The van der Waals surface area contributed by atoms with Crippen LogP contribution in [0.2, 0.25) is 0 Å². The van der Waals surface area contributed by atoms with E-state index >= 15 is 0 Å². The molecule has 0 aromatic carbocycles. The quantitative estimate of drug-likeness (QED) is 0.562. The zero-order valence-electron chi connectivity index (χ0n) is 17.2. The molecule has 1 aliphatic rings. The maximum Gasteiger partial charge on any atom is 0.406 e. The molecule has 3 aromatic heterocycles. The van der Waals surface area contributed by atoms with Crippen molar-refractivity contribution in [2.45, 2.75) is 31.7 Å². The first-order valence-corrected chi connectivity index (χ1v) is 9.66. The fraction of sp³-hybridized carbons (Fsp3) is 0.421. The zero-order valence-corrected chi connectivity index (χ0v) is 17.2. The van der Waals surface area contributed by atoms with E-state index in [-0.39, 0.29) is 12.6 Å². The van der Waals surface area contributed by atoms with Crippen LogP contribution in [0.4, 0.5) is 30.8 Å². The number of imidazole rings is 1. The Balaban J connectivity index is 0.000000913. The van der Waals surface area contributed by atoms with E-state index in [1.54, 1.807) is 19.4 Å². The largest absolute Gasteiger partial charge is 0.483 e. The normalized spacial score (nSPS) is 14.7. The molecular weight excluding hydrogens is 431 g/mol. The van der Waals surface area contributed by atoms with Crippen molar-refractivity contribution in [3.05, 3.63) is 30.9 Å². The smallest absolute Gasteiger partial charge is 0.406 e. The van der Waals surface area contributed by atoms with E-state index in [0.29, 0.717) is 28.6 Å². The number of halogens is 3. The van der Waals surface area contributed by atoms with Crippen LogP contribution in [0.15, 0.2) is 30.9 Å². The number of alkyl halides is 3. The number of hydrogen-bond acceptors (Lipinski definition) is 8. The minimum atomic E-state index is -4.33. The second kappa shape index (κ2) is 10.2. The van der Waals surface area contributed by atoms with Gasteiger partial charge in [-0.05, 0) is 18.9 Å². The molecule has 13 heteroatoms. The fourth-order valence-electron chi connectivity index (χ4n) is 3.34. The Labute approximate surface area is 181 Å². The number of anilines is 3. The number of ether oxygens (including phenoxy) is 1. The predicted octanol–water partition coefficient (Wildman–Crippen LogP) is 2.84. The lowest BCUT2D eigenvalue weighted by molar-refractivity contribution is -0.140. The van der Waals surface area contributed by atoms with Gasteiger partial charge in [-0.25, -0.2) is 15.0 Å². The molecular formula is C19H22F3N7O3. The Morgan fingerprint density at radius 1 is 1.25 bits per heavy atom. The topological polar surface area (TPSA) is 118 Å². The highest BCUT2D eigenvalue weighted by Crippen LogP contribution is 2.24. The third-order valence-electron chi connectivity index (χ3n) is 4.81. The Bertz CT molecular complexity index is 1040. The molecule has 2 N–H and O–H groups in total. The number of carbonyl (C=O) groups is 1. The van der Waals surface area contributed by atoms with Crippen molar-refractivity contribution in [1.82, 2.24) is 24.5 Å². The summed E-state index contributed by atoms with van der Waals surface area (Å²) in [6, 6.07) is 3.21. The summed E-state index contributed by atoms with van der Waals surface area (Å²) in [6.07, 6.45) is 1.96. The molecule has 10 nitrogen and oxygen atoms in total. The second-order valence-corrected chi connectivity index (χ2v) is 6.94. The highest BCUT2D eigenvalue weighted by molar-refractivity contribution is 5.78. The number of nitrogens with zero attached hydrogens (tertiary/aromatic N) is 6. The van der Waals surface area contributed by atoms with Gasteiger partial charge in [0, 0.05) is 32.5 Å². The molecule has 0 amide bonds. The van der Waals surface area contributed by atoms with E-state index in [1.165, 1.54) is 12.3 Å². The third-order valence-corrected chi connectivity index (χ3v) is 4.81. The van der Waals surface area contributed by atoms with Crippen molar-refractivity contribution < 1.29 is 27.8 Å². The summed E-state index contributed by atoms with van der Waals surface area (Å²) in [7, 11) is 1.71. The number of aromatic nitrogens is 5. The molecule has 32 heavy (non-hydrogen) atoms. The average Bonchev–Trinajstić information content (AvgIpc) is 3.15. The van der Waals surface area contributed by atoms with Crippen LogP contribution in [-0.2, 0) is 16.1 Å². The molecule has 0 saturated carbocycles. The maximum absolute atomic E-state index is 12.8. The van der Waals surface area contributed by atoms with Gasteiger partial charge in [-0.1, -0.05) is 0 Å². The van der Waals surface area contributed by atoms with Crippen molar-refractivity contribution in [3.8, 4) is 0 Å². The molecule has 0 atom stereocenters. The van der Waals surface area contributed by atoms with Gasteiger partial charge in [0.1, 0.15) is 23.7 Å². The highest BCUT2D eigenvalue weighted by atomic mass is 19.4. The molecule has 1 aliphatic heterocycles. The first kappa shape index (κ1) is 23.2. The fourth-order valence-corrected chi connectivity index (χ4v) is 3.34. The number of hydrogen-bond donors (Lipinski definition) is 2. The molecule has 172 valence electrons. The van der Waals surface area contributed by atoms with Gasteiger partial charge in [-0.15, -0.1) is 0 Å². The summed E-state index contributed by atoms with van der Waals surface area (Å²) < 4.78 is 44.7. The molecule has 1 saturated heterocycles. The lowest BCUT2D eigenvalue weighted by Gasteiger charge is -2.31. The summed E-state index contributed by atoms with van der Waals surface area (Å²) in [5.74, 6) is 1.48. The SMILES string of the molecule is COC1CCN(c2nccc(Nc3cc4c(cn3)ncn4CC(F)(F)F)n2)CC1.O=CO. The number of methoxy groups -OCH3 is 1. The van der Waals surface area contributed by atoms with E-state index < -0.39 is 12.7 Å². The number of fused-ring (bicyclic) bond motifs is 1. The maximum atomic E-state index is 12.8. The van der Waals surface area contributed by atoms with Gasteiger partial charge in [0.05, 0.1) is 24.1 Å². The van der Waals surface area contributed by atoms with Crippen LogP contribution in [0.3, 0.4) is 0 Å². The number of pyridine rings is 1. The van der Waals surface area contributed by atoms with Crippen LogP contribution in [0.25, 0.3) is 11.0 Å². The van der Waals surface area contributed by atoms with Crippen LogP contribution in [0.1, 0.15) is 12.8 Å². The van der Waals surface area contributed by atoms with Crippen molar-refractivity contribution in [2.75, 3.05) is 30.4 Å². The Morgan fingerprint density at radius 3 is 2.62 bits per heavy atom. The lowest BCUT2D eigenvalue weighted by atomic mass is 10.1. The summed E-state index contributed by atoms with van der Waals surface area (Å²) in [5, 5.41) is 9.93. The predicted molar refractivity (Wildman–Crippen MR) is 110 cm³/mol. The van der Waals surface area contributed by atoms with Gasteiger partial charge < -0.3 is 24.6 Å². The first-order valence-electron chi connectivity index (χ1n) is 9.66. The van der Waals surface area contributed by atoms with Gasteiger partial charge in [-0.2, -0.15) is 18.2 Å². The van der Waals surface area contributed by atoms with Crippen LogP contribution >= 0.6 is 0 Å². The average molecular weight is 453 g/mol. The zero-order chi connectivity index (χ0) is 23.1. The Kier molecular flexibility index (Phi) is 7.41. The minimum absolute atomic E-state index is 0.250. The van der Waals surface area contributed by atoms with Crippen LogP contribution in [0, 0.1) is 0 Å². The van der Waals surface area contributed by atoms with Crippen LogP contribution < -0.4 is 10.2 Å². The van der Waals surface area contributed by atoms with Crippen LogP contribution in [0.5, 0.6) is 0 Å². The molecule has 0 spiro atoms. The van der Waals surface area contributed by atoms with E-state index in [0.717, 1.165) is 36.8 Å². The summed E-state index contributed by atoms with van der Waals surface area (Å²) in [4.78, 5) is 27.5. The molecule has 4 rings (SSSR count). The molecule has 0 bridgehead atoms. The van der Waals surface area contributed by atoms with E-state index in [2.05, 4.69) is 30.2 Å². The third kappa shape index (κ3) is 6.03. The molecule has 1 fully saturated rings. The molecule has 0 unspecified atom stereocenters. The van der Waals surface area contributed by atoms with Crippen molar-refractivity contribution in [1.29, 1.82) is 0 Å². The standard InChI is InChI=1S/C18H20F3N7O.CH2O2/c1-29-12-3-6-27(7-4-12)17-22-5-2-15(26-17)25-16-8-14-13(9-23-16)24-11-28(14)10-18(19,20)21;2-1-3/h2,5,8-9,11-12H,3-4,6-7,10H2,1H3,(H,22,23,25,26);1H,(H,2,3). The summed E-state index contributed by atoms with van der Waals surface area (Å²) >= 11 is 0. The van der Waals surface area contributed by atoms with Crippen molar-refractivity contribution in [2.24, 2.45) is 0 Å². The van der Waals surface area contributed by atoms with E-state index in [1.807, 2.05) is 0 Å². The first-order chi connectivity index (χ1) is 15.3. The van der Waals surface area contributed by atoms with E-state index in [4.69, 9.17) is 14.6 Å². The van der Waals surface area contributed by atoms with Gasteiger partial charge in [0.25, 0.3) is 6.47 Å². The molecule has 4 heterocycles. The number of nitrogens with one attached hydrogen (secondary N) is 1. The number of piperidine rings is 1. The van der Waals surface area contributed by atoms with Gasteiger partial charge in [-0.3, -0.25) is 4.79 Å². The highest BCUT2D eigenvalue weighted by Gasteiger charge is 2.28. The molecule has 0 radical (unpaired) electrons. The minimum Gasteiger partial charge on any atom is -0.483 e. The summed E-state index contributed by atoms with van der Waals surface area (Å²) in [5.41, 5.74) is 0.736. The van der Waals surface area contributed by atoms with Crippen molar-refractivity contribution >= 4 is 35.1 Å².